The van der Waals surface area contributed by atoms with Crippen LogP contribution in [0.2, 0.25) is 0 Å². The summed E-state index contributed by atoms with van der Waals surface area (Å²) in [5.41, 5.74) is 0.139. The van der Waals surface area contributed by atoms with Crippen molar-refractivity contribution >= 4 is 17.6 Å². The van der Waals surface area contributed by atoms with E-state index >= 15 is 0 Å². The van der Waals surface area contributed by atoms with Crippen LogP contribution >= 0.6 is 0 Å². The highest BCUT2D eigenvalue weighted by atomic mass is 19.1. The second-order valence-electron chi connectivity index (χ2n) is 11.7. The molecule has 0 saturated carbocycles. The highest BCUT2D eigenvalue weighted by molar-refractivity contribution is 5.97. The lowest BCUT2D eigenvalue weighted by Crippen LogP contribution is -2.62. The minimum absolute atomic E-state index is 0.00229. The first-order valence-corrected chi connectivity index (χ1v) is 14.5. The average molecular weight is 572 g/mol. The van der Waals surface area contributed by atoms with Gasteiger partial charge in [-0.1, -0.05) is 6.92 Å². The first-order valence-electron chi connectivity index (χ1n) is 14.5. The third-order valence-electron chi connectivity index (χ3n) is 8.83. The molecule has 1 N–H and O–H groups in total. The van der Waals surface area contributed by atoms with Crippen molar-refractivity contribution in [2.75, 3.05) is 44.2 Å². The maximum Gasteiger partial charge on any atom is 0.282 e. The monoisotopic (exact) mass is 571 g/mol. The topological polar surface area (TPSA) is 104 Å². The third kappa shape index (κ3) is 5.71. The lowest BCUT2D eigenvalue weighted by Gasteiger charge is -2.54. The summed E-state index contributed by atoms with van der Waals surface area (Å²) < 4.78 is 34.5. The Morgan fingerprint density at radius 3 is 2.61 bits per heavy atom. The largest absolute Gasteiger partial charge is 0.434 e. The highest BCUT2D eigenvalue weighted by Gasteiger charge is 2.48. The molecule has 1 aromatic heterocycles. The van der Waals surface area contributed by atoms with Crippen molar-refractivity contribution in [2.45, 2.75) is 65.2 Å². The highest BCUT2D eigenvalue weighted by Crippen LogP contribution is 2.44. The number of alkyl halides is 1. The molecule has 0 unspecified atom stereocenters. The molecule has 3 aliphatic heterocycles. The number of carbonyl (C=O) groups is 2. The van der Waals surface area contributed by atoms with Crippen LogP contribution in [-0.2, 0) is 4.79 Å². The number of halogens is 2. The summed E-state index contributed by atoms with van der Waals surface area (Å²) in [4.78, 5) is 36.3. The summed E-state index contributed by atoms with van der Waals surface area (Å²) in [5, 5.41) is 11.1. The van der Waals surface area contributed by atoms with Gasteiger partial charge in [0.25, 0.3) is 11.8 Å². The second kappa shape index (κ2) is 11.8. The van der Waals surface area contributed by atoms with E-state index in [2.05, 4.69) is 25.4 Å². The van der Waals surface area contributed by atoms with E-state index in [1.807, 2.05) is 32.6 Å². The van der Waals surface area contributed by atoms with Crippen molar-refractivity contribution in [3.05, 3.63) is 35.9 Å². The van der Waals surface area contributed by atoms with Crippen molar-refractivity contribution in [1.82, 2.24) is 30.3 Å². The Morgan fingerprint density at radius 1 is 1.22 bits per heavy atom. The van der Waals surface area contributed by atoms with Crippen LogP contribution in [0, 0.1) is 17.2 Å². The number of likely N-dealkylation sites (tertiary alicyclic amines) is 1. The van der Waals surface area contributed by atoms with Crippen LogP contribution in [-0.4, -0.2) is 94.3 Å². The first kappa shape index (κ1) is 29.1. The van der Waals surface area contributed by atoms with E-state index in [1.54, 1.807) is 4.90 Å². The molecule has 41 heavy (non-hydrogen) atoms. The van der Waals surface area contributed by atoms with Gasteiger partial charge >= 0.3 is 0 Å². The molecular formula is C29H39F2N7O3. The lowest BCUT2D eigenvalue weighted by molar-refractivity contribution is -0.137. The van der Waals surface area contributed by atoms with Crippen molar-refractivity contribution in [3.63, 3.8) is 0 Å². The van der Waals surface area contributed by atoms with E-state index in [1.165, 1.54) is 24.5 Å². The molecule has 1 aromatic carbocycles. The SMILES string of the molecule is CC[C@@H]1[C@@H](C(=O)N2CCC3(CC2)CN(c2ncnnc2Oc2ccc(F)cc2C(=O)N(CC)C(C)C)C3)NC[C@@H]1F. The summed E-state index contributed by atoms with van der Waals surface area (Å²) in [5.74, 6) is -0.316. The van der Waals surface area contributed by atoms with Crippen LogP contribution in [0.15, 0.2) is 24.5 Å². The van der Waals surface area contributed by atoms with E-state index in [4.69, 9.17) is 4.74 Å². The normalized spacial score (nSPS) is 23.5. The number of anilines is 1. The number of aromatic nitrogens is 3. The molecule has 10 nitrogen and oxygen atoms in total. The maximum atomic E-state index is 14.2. The summed E-state index contributed by atoms with van der Waals surface area (Å²) in [6, 6.07) is 3.33. The molecule has 0 aliphatic carbocycles. The van der Waals surface area contributed by atoms with Crippen molar-refractivity contribution in [1.29, 1.82) is 0 Å². The second-order valence-corrected chi connectivity index (χ2v) is 11.7. The maximum absolute atomic E-state index is 14.2. The molecule has 3 aliphatic rings. The Bertz CT molecular complexity index is 1260. The van der Waals surface area contributed by atoms with Crippen LogP contribution in [0.1, 0.15) is 57.3 Å². The predicted octanol–water partition coefficient (Wildman–Crippen LogP) is 3.44. The molecule has 2 aromatic rings. The number of amides is 2. The van der Waals surface area contributed by atoms with Gasteiger partial charge in [0.1, 0.15) is 24.1 Å². The summed E-state index contributed by atoms with van der Waals surface area (Å²) >= 11 is 0. The summed E-state index contributed by atoms with van der Waals surface area (Å²) in [7, 11) is 0. The zero-order valence-electron chi connectivity index (χ0n) is 24.1. The van der Waals surface area contributed by atoms with Gasteiger partial charge in [-0.05, 0) is 58.2 Å². The van der Waals surface area contributed by atoms with E-state index in [0.717, 1.165) is 12.8 Å². The fourth-order valence-electron chi connectivity index (χ4n) is 6.44. The van der Waals surface area contributed by atoms with E-state index in [-0.39, 0.29) is 52.9 Å². The third-order valence-corrected chi connectivity index (χ3v) is 8.83. The van der Waals surface area contributed by atoms with Crippen molar-refractivity contribution in [3.8, 4) is 11.6 Å². The first-order chi connectivity index (χ1) is 19.7. The minimum atomic E-state index is -0.979. The van der Waals surface area contributed by atoms with Gasteiger partial charge in [-0.3, -0.25) is 9.59 Å². The molecule has 3 saturated heterocycles. The zero-order valence-corrected chi connectivity index (χ0v) is 24.1. The van der Waals surface area contributed by atoms with Gasteiger partial charge in [-0.25, -0.2) is 13.8 Å². The van der Waals surface area contributed by atoms with Crippen LogP contribution in [0.25, 0.3) is 0 Å². The Morgan fingerprint density at radius 2 is 1.95 bits per heavy atom. The molecule has 0 bridgehead atoms. The molecule has 5 rings (SSSR count). The molecular weight excluding hydrogens is 532 g/mol. The Hall–Kier alpha value is -3.41. The molecule has 0 radical (unpaired) electrons. The molecule has 3 atom stereocenters. The smallest absolute Gasteiger partial charge is 0.282 e. The molecule has 222 valence electrons. The summed E-state index contributed by atoms with van der Waals surface area (Å²) in [6.45, 7) is 11.0. The molecule has 12 heteroatoms. The quantitative estimate of drug-likeness (QED) is 0.514. The van der Waals surface area contributed by atoms with Gasteiger partial charge in [0.2, 0.25) is 5.91 Å². The fourth-order valence-corrected chi connectivity index (χ4v) is 6.44. The van der Waals surface area contributed by atoms with Gasteiger partial charge < -0.3 is 24.8 Å². The number of ether oxygens (including phenoxy) is 1. The minimum Gasteiger partial charge on any atom is -0.434 e. The Labute approximate surface area is 239 Å². The number of carbonyl (C=O) groups excluding carboxylic acids is 2. The van der Waals surface area contributed by atoms with Gasteiger partial charge in [-0.15, -0.1) is 10.2 Å². The number of nitrogens with zero attached hydrogens (tertiary/aromatic N) is 6. The van der Waals surface area contributed by atoms with Gasteiger partial charge in [0.05, 0.1) is 11.6 Å². The lowest BCUT2D eigenvalue weighted by atomic mass is 9.72. The number of piperidine rings is 1. The van der Waals surface area contributed by atoms with Crippen molar-refractivity contribution in [2.24, 2.45) is 11.3 Å². The van der Waals surface area contributed by atoms with Crippen LogP contribution in [0.3, 0.4) is 0 Å². The van der Waals surface area contributed by atoms with Crippen molar-refractivity contribution < 1.29 is 23.1 Å². The molecule has 3 fully saturated rings. The standard InChI is InChI=1S/C29H39F2N7O3/c1-5-20-22(31)14-32-24(20)28(40)36-11-9-29(10-12-36)15-37(16-29)25-26(35-34-17-33-25)41-23-8-7-19(30)13-21(23)27(39)38(6-2)18(3)4/h7-8,13,17-18,20,22,24,32H,5-6,9-12,14-16H2,1-4H3/t20-,22-,24-/m0/s1. The number of rotatable bonds is 8. The molecule has 4 heterocycles. The van der Waals surface area contributed by atoms with Gasteiger partial charge in [0.15, 0.2) is 5.82 Å². The number of hydrogen-bond donors (Lipinski definition) is 1. The van der Waals surface area contributed by atoms with Gasteiger partial charge in [-0.2, -0.15) is 0 Å². The van der Waals surface area contributed by atoms with E-state index < -0.39 is 18.0 Å². The van der Waals surface area contributed by atoms with Crippen LogP contribution < -0.4 is 15.0 Å². The average Bonchev–Trinajstić information content (AvgIpc) is 3.33. The predicted molar refractivity (Wildman–Crippen MR) is 149 cm³/mol. The Kier molecular flexibility index (Phi) is 8.40. The number of benzene rings is 1. The molecule has 1 spiro atoms. The zero-order chi connectivity index (χ0) is 29.3. The van der Waals surface area contributed by atoms with Gasteiger partial charge in [0, 0.05) is 56.6 Å². The van der Waals surface area contributed by atoms with E-state index in [0.29, 0.717) is 45.0 Å². The Balaban J connectivity index is 1.25. The van der Waals surface area contributed by atoms with Crippen LogP contribution in [0.5, 0.6) is 11.6 Å². The summed E-state index contributed by atoms with van der Waals surface area (Å²) in [6.07, 6.45) is 2.68. The fraction of sp³-hybridized carbons (Fsp3) is 0.621. The number of nitrogens with one attached hydrogen (secondary N) is 1. The number of hydrogen-bond acceptors (Lipinski definition) is 8. The van der Waals surface area contributed by atoms with Crippen LogP contribution in [0.4, 0.5) is 14.6 Å². The van der Waals surface area contributed by atoms with E-state index in [9.17, 15) is 18.4 Å². The molecule has 2 amide bonds.